The highest BCUT2D eigenvalue weighted by Crippen LogP contribution is 2.24. The fourth-order valence-electron chi connectivity index (χ4n) is 1.59. The minimum Gasteiger partial charge on any atom is -0.0930 e. The molecule has 1 heteroatoms. The van der Waals surface area contributed by atoms with Gasteiger partial charge < -0.3 is 0 Å². The van der Waals surface area contributed by atoms with Gasteiger partial charge in [-0.3, -0.25) is 0 Å². The molecule has 0 unspecified atom stereocenters. The first-order chi connectivity index (χ1) is 5.43. The second-order valence-electron chi connectivity index (χ2n) is 3.10. The first kappa shape index (κ1) is 8.86. The Balaban J connectivity index is 2.23. The summed E-state index contributed by atoms with van der Waals surface area (Å²) < 4.78 is 0. The summed E-state index contributed by atoms with van der Waals surface area (Å²) in [6, 6.07) is 0. The van der Waals surface area contributed by atoms with Crippen molar-refractivity contribution in [2.45, 2.75) is 32.1 Å². The summed E-state index contributed by atoms with van der Waals surface area (Å²) in [5, 5.41) is 0. The summed E-state index contributed by atoms with van der Waals surface area (Å²) in [6.45, 7) is 0. The topological polar surface area (TPSA) is 0 Å². The Kier molecular flexibility index (Phi) is 4.37. The molecule has 0 atom stereocenters. The van der Waals surface area contributed by atoms with Crippen LogP contribution in [0.3, 0.4) is 0 Å². The number of allylic oxidation sites excluding steroid dienone is 3. The van der Waals surface area contributed by atoms with Gasteiger partial charge in [0.05, 0.1) is 0 Å². The van der Waals surface area contributed by atoms with E-state index in [2.05, 4.69) is 12.2 Å². The van der Waals surface area contributed by atoms with Gasteiger partial charge in [0.15, 0.2) is 0 Å². The van der Waals surface area contributed by atoms with Crippen molar-refractivity contribution in [3.63, 3.8) is 0 Å². The summed E-state index contributed by atoms with van der Waals surface area (Å²) in [4.78, 5) is 0. The van der Waals surface area contributed by atoms with Gasteiger partial charge in [0.25, 0.3) is 0 Å². The zero-order chi connectivity index (χ0) is 7.94. The zero-order valence-electron chi connectivity index (χ0n) is 6.80. The molecule has 1 rings (SSSR count). The van der Waals surface area contributed by atoms with E-state index in [1.165, 1.54) is 32.1 Å². The molecule has 11 heavy (non-hydrogen) atoms. The molecule has 0 radical (unpaired) electrons. The lowest BCUT2D eigenvalue weighted by Gasteiger charge is -2.17. The van der Waals surface area contributed by atoms with E-state index in [9.17, 15) is 0 Å². The van der Waals surface area contributed by atoms with Crippen LogP contribution >= 0.6 is 11.6 Å². The molecule has 0 heterocycles. The Hall–Kier alpha value is -0.230. The molecule has 1 aliphatic carbocycles. The molecule has 0 saturated heterocycles. The van der Waals surface area contributed by atoms with Crippen LogP contribution in [0.4, 0.5) is 0 Å². The molecule has 0 nitrogen and oxygen atoms in total. The number of rotatable bonds is 2. The molecule has 62 valence electrons. The molecule has 1 saturated carbocycles. The highest BCUT2D eigenvalue weighted by Gasteiger charge is 2.08. The van der Waals surface area contributed by atoms with Crippen LogP contribution in [-0.2, 0) is 0 Å². The van der Waals surface area contributed by atoms with Crippen molar-refractivity contribution in [3.05, 3.63) is 23.8 Å². The first-order valence-corrected chi connectivity index (χ1v) is 4.80. The summed E-state index contributed by atoms with van der Waals surface area (Å²) in [6.07, 6.45) is 13.2. The third kappa shape index (κ3) is 3.62. The lowest BCUT2D eigenvalue weighted by molar-refractivity contribution is 0.419. The molecule has 0 aromatic heterocycles. The summed E-state index contributed by atoms with van der Waals surface area (Å²) in [5.41, 5.74) is 1.55. The standard InChI is InChI=1S/C10H15Cl/c11-9-5-4-8-10-6-2-1-3-7-10/h4-5,8-10H,1-3,6-7H2/b8-4-,9-5+. The maximum atomic E-state index is 5.39. The molecule has 0 aromatic carbocycles. The molecule has 1 aliphatic rings. The minimum absolute atomic E-state index is 0.816. The van der Waals surface area contributed by atoms with Crippen LogP contribution in [0, 0.1) is 5.92 Å². The van der Waals surface area contributed by atoms with Gasteiger partial charge in [-0.1, -0.05) is 49.1 Å². The van der Waals surface area contributed by atoms with E-state index in [0.29, 0.717) is 0 Å². The summed E-state index contributed by atoms with van der Waals surface area (Å²) in [7, 11) is 0. The predicted octanol–water partition coefficient (Wildman–Crippen LogP) is 3.88. The molecule has 0 aromatic rings. The van der Waals surface area contributed by atoms with Gasteiger partial charge >= 0.3 is 0 Å². The van der Waals surface area contributed by atoms with Crippen LogP contribution in [0.15, 0.2) is 23.8 Å². The SMILES string of the molecule is Cl/C=C/C=C\C1CCCCC1. The van der Waals surface area contributed by atoms with E-state index < -0.39 is 0 Å². The second kappa shape index (κ2) is 5.42. The maximum absolute atomic E-state index is 5.39. The number of hydrogen-bond acceptors (Lipinski definition) is 0. The lowest BCUT2D eigenvalue weighted by atomic mass is 9.89. The fraction of sp³-hybridized carbons (Fsp3) is 0.600. The van der Waals surface area contributed by atoms with E-state index in [4.69, 9.17) is 11.6 Å². The monoisotopic (exact) mass is 170 g/mol. The summed E-state index contributed by atoms with van der Waals surface area (Å²) in [5.74, 6) is 0.816. The average molecular weight is 171 g/mol. The van der Waals surface area contributed by atoms with Gasteiger partial charge in [0, 0.05) is 5.54 Å². The van der Waals surface area contributed by atoms with E-state index in [-0.39, 0.29) is 0 Å². The Morgan fingerprint density at radius 2 is 1.73 bits per heavy atom. The van der Waals surface area contributed by atoms with Crippen molar-refractivity contribution < 1.29 is 0 Å². The predicted molar refractivity (Wildman–Crippen MR) is 50.7 cm³/mol. The van der Waals surface area contributed by atoms with Gasteiger partial charge in [-0.2, -0.15) is 0 Å². The molecule has 0 amide bonds. The van der Waals surface area contributed by atoms with E-state index >= 15 is 0 Å². The zero-order valence-corrected chi connectivity index (χ0v) is 7.56. The van der Waals surface area contributed by atoms with E-state index in [0.717, 1.165) is 5.92 Å². The Labute approximate surface area is 73.9 Å². The Bertz CT molecular complexity index is 141. The Morgan fingerprint density at radius 3 is 2.36 bits per heavy atom. The highest BCUT2D eigenvalue weighted by molar-refractivity contribution is 6.25. The molecule has 1 fully saturated rings. The van der Waals surface area contributed by atoms with Crippen LogP contribution in [-0.4, -0.2) is 0 Å². The van der Waals surface area contributed by atoms with E-state index in [1.807, 2.05) is 6.08 Å². The van der Waals surface area contributed by atoms with Crippen LogP contribution in [0.1, 0.15) is 32.1 Å². The molecule has 0 spiro atoms. The van der Waals surface area contributed by atoms with Crippen molar-refractivity contribution in [2.75, 3.05) is 0 Å². The fourth-order valence-corrected chi connectivity index (χ4v) is 1.67. The van der Waals surface area contributed by atoms with E-state index in [1.54, 1.807) is 5.54 Å². The third-order valence-corrected chi connectivity index (χ3v) is 2.36. The smallest absolute Gasteiger partial charge is 0.00423 e. The van der Waals surface area contributed by atoms with Crippen molar-refractivity contribution in [2.24, 2.45) is 5.92 Å². The van der Waals surface area contributed by atoms with Crippen LogP contribution < -0.4 is 0 Å². The van der Waals surface area contributed by atoms with Crippen LogP contribution in [0.25, 0.3) is 0 Å². The number of halogens is 1. The van der Waals surface area contributed by atoms with Crippen LogP contribution in [0.5, 0.6) is 0 Å². The number of hydrogen-bond donors (Lipinski definition) is 0. The molecular formula is C10H15Cl. The lowest BCUT2D eigenvalue weighted by Crippen LogP contribution is -2.02. The van der Waals surface area contributed by atoms with Crippen molar-refractivity contribution in [1.82, 2.24) is 0 Å². The molecular weight excluding hydrogens is 156 g/mol. The normalized spacial score (nSPS) is 21.9. The van der Waals surface area contributed by atoms with Gasteiger partial charge in [0.1, 0.15) is 0 Å². The van der Waals surface area contributed by atoms with Gasteiger partial charge in [-0.05, 0) is 18.8 Å². The molecule has 0 bridgehead atoms. The highest BCUT2D eigenvalue weighted by atomic mass is 35.5. The quantitative estimate of drug-likeness (QED) is 0.552. The van der Waals surface area contributed by atoms with Crippen molar-refractivity contribution in [3.8, 4) is 0 Å². The maximum Gasteiger partial charge on any atom is 0.00423 e. The van der Waals surface area contributed by atoms with Crippen molar-refractivity contribution >= 4 is 11.6 Å². The van der Waals surface area contributed by atoms with Gasteiger partial charge in [-0.25, -0.2) is 0 Å². The second-order valence-corrected chi connectivity index (χ2v) is 3.35. The van der Waals surface area contributed by atoms with Gasteiger partial charge in [-0.15, -0.1) is 0 Å². The summed E-state index contributed by atoms with van der Waals surface area (Å²) >= 11 is 5.39. The Morgan fingerprint density at radius 1 is 1.00 bits per heavy atom. The largest absolute Gasteiger partial charge is 0.0930 e. The van der Waals surface area contributed by atoms with Crippen molar-refractivity contribution in [1.29, 1.82) is 0 Å². The molecule has 0 aliphatic heterocycles. The first-order valence-electron chi connectivity index (χ1n) is 4.37. The minimum atomic E-state index is 0.816. The van der Waals surface area contributed by atoms with Gasteiger partial charge in [0.2, 0.25) is 0 Å². The molecule has 0 N–H and O–H groups in total. The van der Waals surface area contributed by atoms with Crippen LogP contribution in [0.2, 0.25) is 0 Å². The average Bonchev–Trinajstić information content (AvgIpc) is 2.07. The third-order valence-electron chi connectivity index (χ3n) is 2.22.